The highest BCUT2D eigenvalue weighted by atomic mass is 16.5. The fourth-order valence-corrected chi connectivity index (χ4v) is 21.8. The van der Waals surface area contributed by atoms with Gasteiger partial charge in [-0.15, -0.1) is 0 Å². The van der Waals surface area contributed by atoms with Gasteiger partial charge in [0.25, 0.3) is 0 Å². The number of ether oxygens (including phenoxy) is 1. The maximum absolute atomic E-state index is 6.50. The lowest BCUT2D eigenvalue weighted by Crippen LogP contribution is -2.55. The lowest BCUT2D eigenvalue weighted by atomic mass is 9.37. The molecule has 18 aromatic rings. The summed E-state index contributed by atoms with van der Waals surface area (Å²) >= 11 is 0. The molecule has 127 heavy (non-hydrogen) atoms. The molecule has 0 bridgehead atoms. The largest absolute Gasteiger partial charge is 0.536 e. The fraction of sp³-hybridized carbons (Fsp3) is 0.0776. The number of fused-ring (bicyclic) bond motifs is 28. The van der Waals surface area contributed by atoms with Gasteiger partial charge >= 0.3 is 20.7 Å². The van der Waals surface area contributed by atoms with Crippen molar-refractivity contribution in [1.82, 2.24) is 4.98 Å². The number of benzene rings is 17. The van der Waals surface area contributed by atoms with Crippen LogP contribution in [0.1, 0.15) is 63.8 Å². The van der Waals surface area contributed by atoms with Crippen molar-refractivity contribution < 1.29 is 9.39 Å². The average molecular weight is 1630 g/mol. The second kappa shape index (κ2) is 29.4. The maximum atomic E-state index is 6.50. The van der Waals surface area contributed by atoms with Crippen molar-refractivity contribution in [2.75, 3.05) is 24.2 Å². The van der Waals surface area contributed by atoms with Crippen LogP contribution in [0.25, 0.3) is 89.3 Å². The van der Waals surface area contributed by atoms with E-state index < -0.39 is 0 Å². The Labute approximate surface area is 743 Å². The number of nitrogens with zero attached hydrogens (tertiary/aromatic N) is 6. The summed E-state index contributed by atoms with van der Waals surface area (Å²) in [5, 5.41) is -0.140. The number of anilines is 12. The van der Waals surface area contributed by atoms with Crippen LogP contribution in [0.3, 0.4) is 0 Å². The highest BCUT2D eigenvalue weighted by molar-refractivity contribution is 6.85. The molecule has 0 saturated carbocycles. The topological polar surface area (TPSA) is 47.5 Å². The molecular formula is C116H87B3N6O2. The lowest BCUT2D eigenvalue weighted by Gasteiger charge is -2.42. The third kappa shape index (κ3) is 12.0. The molecule has 8 aliphatic rings. The van der Waals surface area contributed by atoms with Crippen LogP contribution in [0.4, 0.5) is 68.2 Å². The first-order chi connectivity index (χ1) is 62.3. The minimum atomic E-state index is -0.190. The van der Waals surface area contributed by atoms with Gasteiger partial charge in [-0.25, -0.2) is 4.98 Å². The third-order valence-corrected chi connectivity index (χ3v) is 27.9. The third-order valence-electron chi connectivity index (χ3n) is 27.9. The van der Waals surface area contributed by atoms with Gasteiger partial charge in [-0.1, -0.05) is 327 Å². The number of para-hydroxylation sites is 11. The van der Waals surface area contributed by atoms with Gasteiger partial charge in [-0.2, -0.15) is 0 Å². The summed E-state index contributed by atoms with van der Waals surface area (Å²) in [6.07, 6.45) is 0. The minimum absolute atomic E-state index is 0.0604. The Morgan fingerprint density at radius 2 is 0.591 bits per heavy atom. The van der Waals surface area contributed by atoms with Crippen LogP contribution in [0.5, 0.6) is 17.2 Å². The van der Waals surface area contributed by atoms with Crippen LogP contribution in [-0.2, 0) is 16.0 Å². The molecule has 0 fully saturated rings. The lowest BCUT2D eigenvalue weighted by molar-refractivity contribution is 0.477. The molecule has 11 heteroatoms. The summed E-state index contributed by atoms with van der Waals surface area (Å²) in [5.74, 6) is 2.65. The molecule has 0 N–H and O–H groups in total. The number of aromatic nitrogens is 1. The van der Waals surface area contributed by atoms with E-state index in [9.17, 15) is 0 Å². The van der Waals surface area contributed by atoms with E-state index in [0.717, 1.165) is 79.2 Å². The van der Waals surface area contributed by atoms with Crippen LogP contribution in [0.2, 0.25) is 0 Å². The van der Waals surface area contributed by atoms with E-state index in [0.29, 0.717) is 0 Å². The van der Waals surface area contributed by atoms with Gasteiger partial charge in [-0.05, 0) is 233 Å². The molecule has 0 spiro atoms. The molecule has 0 unspecified atom stereocenters. The predicted octanol–water partition coefficient (Wildman–Crippen LogP) is 28.1. The Bertz CT molecular complexity index is 7310. The summed E-state index contributed by atoms with van der Waals surface area (Å²) in [7, 11) is -0.190. The Kier molecular flexibility index (Phi) is 17.5. The molecule has 1 aromatic heterocycles. The number of hydrogen-bond acceptors (Lipinski definition) is 8. The van der Waals surface area contributed by atoms with Gasteiger partial charge in [0.1, 0.15) is 5.75 Å². The smallest absolute Gasteiger partial charge is 0.524 e. The first-order valence-corrected chi connectivity index (χ1v) is 44.3. The molecule has 17 aromatic carbocycles. The maximum Gasteiger partial charge on any atom is 0.524 e. The Morgan fingerprint density at radius 1 is 0.228 bits per heavy atom. The molecule has 9 heterocycles. The molecule has 0 aliphatic carbocycles. The number of hydrogen-bond donors (Lipinski definition) is 0. The molecule has 0 atom stereocenters. The van der Waals surface area contributed by atoms with Gasteiger partial charge in [0.2, 0.25) is 0 Å². The second-order valence-electron chi connectivity index (χ2n) is 36.1. The standard InChI is InChI=1S/C42H35BN2.C39H29BN2O.C35H23BN2O/c1-41(2)33-15-7-11-19-38(33)44(39-20-12-8-16-34(39)41)30-24-21-28(22-25-30)29-23-26-40-35(27-29)42(3,4)43-36-17-9-5-13-31(36)32-14-6-10-18-37(32)45(40)43;1-39(2)31-25-27(21-24-34(31)42-33-14-6-4-12-30(33)29-11-3-5-13-32(29)40(39)42)26-19-22-28(23-20-26)41-35-15-7-9-17-37(35)43-38-18-10-8-16-36(38)41;1-3-11-24(12-4-1)27-22-31(25-13-5-2-6-14-25)37-32(23-27)26-19-20-30-29(21-26)28-15-7-8-16-33(28)38-34-17-9-10-18-35(34)39-36(30)38/h5-27H,1-4H3;3-25H,1-2H3;1-23H. The fourth-order valence-electron chi connectivity index (χ4n) is 21.8. The minimum Gasteiger partial charge on any atom is -0.536 e. The average Bonchev–Trinajstić information content (AvgIpc) is 1.54. The summed E-state index contributed by atoms with van der Waals surface area (Å²) in [6, 6.07) is 151. The molecular weight excluding hydrogens is 1540 g/mol. The van der Waals surface area contributed by atoms with E-state index in [1.165, 1.54) is 134 Å². The number of rotatable bonds is 7. The number of pyridine rings is 1. The molecule has 0 amide bonds. The van der Waals surface area contributed by atoms with Crippen molar-refractivity contribution in [1.29, 1.82) is 0 Å². The zero-order chi connectivity index (χ0) is 85.0. The van der Waals surface area contributed by atoms with Gasteiger partial charge in [0.05, 0.1) is 39.8 Å². The molecule has 0 radical (unpaired) electrons. The van der Waals surface area contributed by atoms with Gasteiger partial charge in [-0.3, -0.25) is 0 Å². The molecule has 8 aliphatic heterocycles. The molecule has 602 valence electrons. The van der Waals surface area contributed by atoms with Crippen molar-refractivity contribution in [2.24, 2.45) is 0 Å². The van der Waals surface area contributed by atoms with E-state index in [1.54, 1.807) is 0 Å². The summed E-state index contributed by atoms with van der Waals surface area (Å²) < 4.78 is 12.7. The quantitative estimate of drug-likeness (QED) is 0.146. The first-order valence-electron chi connectivity index (χ1n) is 44.3. The monoisotopic (exact) mass is 1630 g/mol. The van der Waals surface area contributed by atoms with Crippen molar-refractivity contribution in [3.8, 4) is 107 Å². The summed E-state index contributed by atoms with van der Waals surface area (Å²) in [5.41, 5.74) is 42.9. The summed E-state index contributed by atoms with van der Waals surface area (Å²) in [6.45, 7) is 14.8. The van der Waals surface area contributed by atoms with E-state index in [-0.39, 0.29) is 36.8 Å². The van der Waals surface area contributed by atoms with Crippen molar-refractivity contribution in [3.05, 3.63) is 441 Å². The van der Waals surface area contributed by atoms with E-state index in [2.05, 4.69) is 448 Å². The van der Waals surface area contributed by atoms with E-state index in [1.807, 2.05) is 36.4 Å². The van der Waals surface area contributed by atoms with Gasteiger partial charge in [0, 0.05) is 73.0 Å². The summed E-state index contributed by atoms with van der Waals surface area (Å²) in [4.78, 5) is 17.4. The second-order valence-corrected chi connectivity index (χ2v) is 36.1. The van der Waals surface area contributed by atoms with Gasteiger partial charge < -0.3 is 33.6 Å². The molecule has 0 saturated heterocycles. The van der Waals surface area contributed by atoms with Crippen molar-refractivity contribution in [3.63, 3.8) is 0 Å². The molecule has 8 nitrogen and oxygen atoms in total. The van der Waals surface area contributed by atoms with E-state index >= 15 is 0 Å². The zero-order valence-corrected chi connectivity index (χ0v) is 71.6. The van der Waals surface area contributed by atoms with Crippen LogP contribution < -0.4 is 50.0 Å². The first kappa shape index (κ1) is 75.4. The normalized spacial score (nSPS) is 14.7. The molecule has 26 rings (SSSR count). The van der Waals surface area contributed by atoms with Gasteiger partial charge in [0.15, 0.2) is 11.5 Å². The Balaban J connectivity index is 0.000000107. The van der Waals surface area contributed by atoms with Crippen molar-refractivity contribution >= 4 is 105 Å². The highest BCUT2D eigenvalue weighted by Gasteiger charge is 2.55. The Morgan fingerprint density at radius 3 is 1.09 bits per heavy atom. The van der Waals surface area contributed by atoms with Crippen LogP contribution >= 0.6 is 0 Å². The zero-order valence-electron chi connectivity index (χ0n) is 71.6. The van der Waals surface area contributed by atoms with Crippen LogP contribution in [-0.4, -0.2) is 25.7 Å². The van der Waals surface area contributed by atoms with Crippen LogP contribution in [0, 0.1) is 0 Å². The van der Waals surface area contributed by atoms with E-state index in [4.69, 9.17) is 14.4 Å². The highest BCUT2D eigenvalue weighted by Crippen LogP contribution is 2.58. The Hall–Kier alpha value is -15.3. The predicted molar refractivity (Wildman–Crippen MR) is 531 cm³/mol. The van der Waals surface area contributed by atoms with Crippen LogP contribution in [0.15, 0.2) is 419 Å². The SMILES string of the molecule is CC1(C)B2c3ccccc3-c3ccccc3N2c2ccc(-c3ccc(N4c5ccccc5C(C)(C)c5ccccc54)cc3)cc21.CC1(C)B2c3ccccc3-c3ccccc3N2c2ccc(-c3ccc(N4c5ccccc5Oc5ccccc54)cc3)cc21.c1ccc(-c2cc(-c3ccccc3)nc(-c3ccc4c(c3)-c3ccccc3N3B4Oc4ccccc43)c2)cc1. The van der Waals surface area contributed by atoms with Crippen molar-refractivity contribution in [2.45, 2.75) is 57.6 Å².